The Morgan fingerprint density at radius 3 is 2.25 bits per heavy atom. The second-order valence-corrected chi connectivity index (χ2v) is 4.34. The summed E-state index contributed by atoms with van der Waals surface area (Å²) in [5.41, 5.74) is 0.718. The summed E-state index contributed by atoms with van der Waals surface area (Å²) in [5.74, 6) is 0.989. The molecule has 2 aliphatic carbocycles. The van der Waals surface area contributed by atoms with Crippen molar-refractivity contribution in [2.45, 2.75) is 31.4 Å². The highest BCUT2D eigenvalue weighted by Gasteiger charge is 2.83. The molecule has 46 valence electrons. The zero-order valence-electron chi connectivity index (χ0n) is 5.44. The smallest absolute Gasteiger partial charge is 0.0195 e. The lowest BCUT2D eigenvalue weighted by molar-refractivity contribution is 0.545. The highest BCUT2D eigenvalue weighted by atomic mass is 32.1. The van der Waals surface area contributed by atoms with Crippen LogP contribution in [0, 0.1) is 11.3 Å². The van der Waals surface area contributed by atoms with Gasteiger partial charge in [-0.2, -0.15) is 12.6 Å². The van der Waals surface area contributed by atoms with E-state index in [9.17, 15) is 0 Å². The summed E-state index contributed by atoms with van der Waals surface area (Å²) in [6.45, 7) is 4.55. The van der Waals surface area contributed by atoms with E-state index >= 15 is 0 Å². The number of rotatable bonds is 1. The van der Waals surface area contributed by atoms with Gasteiger partial charge < -0.3 is 0 Å². The lowest BCUT2D eigenvalue weighted by atomic mass is 10.0. The summed E-state index contributed by atoms with van der Waals surface area (Å²) in [5, 5.41) is 0. The van der Waals surface area contributed by atoms with Gasteiger partial charge in [-0.15, -0.1) is 0 Å². The van der Waals surface area contributed by atoms with Gasteiger partial charge in [0.2, 0.25) is 0 Å². The summed E-state index contributed by atoms with van der Waals surface area (Å²) < 4.78 is 0.446. The minimum absolute atomic E-state index is 0.446. The Hall–Kier alpha value is 0.350. The SMILES string of the molecule is CCC12CC1C2(C)S. The fourth-order valence-electron chi connectivity index (χ4n) is 2.18. The molecular weight excluding hydrogens is 116 g/mol. The average Bonchev–Trinajstić information content (AvgIpc) is 2.50. The fourth-order valence-corrected chi connectivity index (χ4v) is 2.86. The van der Waals surface area contributed by atoms with Crippen LogP contribution in [0.2, 0.25) is 0 Å². The summed E-state index contributed by atoms with van der Waals surface area (Å²) in [6, 6.07) is 0. The third kappa shape index (κ3) is 0.283. The van der Waals surface area contributed by atoms with Crippen molar-refractivity contribution in [2.24, 2.45) is 11.3 Å². The second kappa shape index (κ2) is 0.985. The van der Waals surface area contributed by atoms with Gasteiger partial charge >= 0.3 is 0 Å². The molecule has 0 amide bonds. The van der Waals surface area contributed by atoms with Crippen molar-refractivity contribution in [3.8, 4) is 0 Å². The number of fused-ring (bicyclic) bond motifs is 1. The van der Waals surface area contributed by atoms with Crippen LogP contribution in [0.15, 0.2) is 0 Å². The molecule has 0 spiro atoms. The lowest BCUT2D eigenvalue weighted by Gasteiger charge is -2.13. The zero-order chi connectivity index (χ0) is 5.99. The summed E-state index contributed by atoms with van der Waals surface area (Å²) >= 11 is 4.54. The minimum Gasteiger partial charge on any atom is -0.172 e. The molecule has 0 N–H and O–H groups in total. The van der Waals surface area contributed by atoms with Crippen LogP contribution in [0.3, 0.4) is 0 Å². The van der Waals surface area contributed by atoms with Crippen molar-refractivity contribution in [1.29, 1.82) is 0 Å². The fraction of sp³-hybridized carbons (Fsp3) is 1.00. The van der Waals surface area contributed by atoms with Crippen molar-refractivity contribution in [3.05, 3.63) is 0 Å². The predicted octanol–water partition coefficient (Wildman–Crippen LogP) is 2.10. The molecule has 2 saturated carbocycles. The first-order chi connectivity index (χ1) is 3.65. The Morgan fingerprint density at radius 1 is 1.75 bits per heavy atom. The average molecular weight is 128 g/mol. The van der Waals surface area contributed by atoms with Gasteiger partial charge in [0.25, 0.3) is 0 Å². The van der Waals surface area contributed by atoms with Crippen molar-refractivity contribution >= 4 is 12.6 Å². The van der Waals surface area contributed by atoms with E-state index in [0.29, 0.717) is 4.75 Å². The van der Waals surface area contributed by atoms with Crippen molar-refractivity contribution in [1.82, 2.24) is 0 Å². The molecule has 0 saturated heterocycles. The molecule has 0 nitrogen and oxygen atoms in total. The quantitative estimate of drug-likeness (QED) is 0.514. The number of hydrogen-bond acceptors (Lipinski definition) is 1. The third-order valence-electron chi connectivity index (χ3n) is 3.31. The van der Waals surface area contributed by atoms with E-state index in [1.807, 2.05) is 0 Å². The Labute approximate surface area is 56.1 Å². The van der Waals surface area contributed by atoms with Gasteiger partial charge in [0.05, 0.1) is 0 Å². The molecule has 0 aromatic rings. The van der Waals surface area contributed by atoms with Crippen LogP contribution in [0.25, 0.3) is 0 Å². The van der Waals surface area contributed by atoms with Gasteiger partial charge in [0, 0.05) is 4.75 Å². The maximum Gasteiger partial charge on any atom is 0.0195 e. The number of thiol groups is 1. The molecule has 2 aliphatic rings. The third-order valence-corrected chi connectivity index (χ3v) is 4.07. The lowest BCUT2D eigenvalue weighted by Crippen LogP contribution is -2.10. The second-order valence-electron chi connectivity index (χ2n) is 3.41. The highest BCUT2D eigenvalue weighted by Crippen LogP contribution is 2.86. The molecule has 0 heterocycles. The first-order valence-electron chi connectivity index (χ1n) is 3.37. The van der Waals surface area contributed by atoms with E-state index in [4.69, 9.17) is 0 Å². The van der Waals surface area contributed by atoms with E-state index in [1.54, 1.807) is 0 Å². The van der Waals surface area contributed by atoms with E-state index < -0.39 is 0 Å². The maximum absolute atomic E-state index is 4.54. The van der Waals surface area contributed by atoms with Crippen LogP contribution in [0.4, 0.5) is 0 Å². The van der Waals surface area contributed by atoms with Crippen LogP contribution in [-0.4, -0.2) is 4.75 Å². The normalized spacial score (nSPS) is 67.1. The molecule has 0 radical (unpaired) electrons. The predicted molar refractivity (Wildman–Crippen MR) is 38.2 cm³/mol. The van der Waals surface area contributed by atoms with E-state index in [1.165, 1.54) is 12.8 Å². The molecule has 0 aromatic heterocycles. The van der Waals surface area contributed by atoms with Crippen molar-refractivity contribution < 1.29 is 0 Å². The maximum atomic E-state index is 4.54. The Bertz CT molecular complexity index is 139. The largest absolute Gasteiger partial charge is 0.172 e. The van der Waals surface area contributed by atoms with Crippen LogP contribution < -0.4 is 0 Å². The zero-order valence-corrected chi connectivity index (χ0v) is 6.33. The Balaban J connectivity index is 2.16. The molecule has 2 fully saturated rings. The monoisotopic (exact) mass is 128 g/mol. The van der Waals surface area contributed by atoms with E-state index in [2.05, 4.69) is 26.5 Å². The van der Waals surface area contributed by atoms with Gasteiger partial charge in [-0.1, -0.05) is 6.92 Å². The minimum atomic E-state index is 0.446. The molecule has 0 aromatic carbocycles. The molecule has 8 heavy (non-hydrogen) atoms. The van der Waals surface area contributed by atoms with Crippen LogP contribution in [0.1, 0.15) is 26.7 Å². The highest BCUT2D eigenvalue weighted by molar-refractivity contribution is 7.82. The molecule has 0 aliphatic heterocycles. The Kier molecular flexibility index (Phi) is 0.635. The number of hydrogen-bond donors (Lipinski definition) is 1. The van der Waals surface area contributed by atoms with Crippen molar-refractivity contribution in [3.63, 3.8) is 0 Å². The van der Waals surface area contributed by atoms with Crippen molar-refractivity contribution in [2.75, 3.05) is 0 Å². The molecule has 3 unspecified atom stereocenters. The first kappa shape index (κ1) is 5.16. The Morgan fingerprint density at radius 2 is 2.25 bits per heavy atom. The summed E-state index contributed by atoms with van der Waals surface area (Å²) in [6.07, 6.45) is 2.81. The molecular formula is C7H12S. The molecule has 2 rings (SSSR count). The molecule has 3 atom stereocenters. The van der Waals surface area contributed by atoms with E-state index in [0.717, 1.165) is 11.3 Å². The molecule has 1 heteroatoms. The van der Waals surface area contributed by atoms with Crippen LogP contribution in [0.5, 0.6) is 0 Å². The van der Waals surface area contributed by atoms with Gasteiger partial charge in [-0.05, 0) is 31.1 Å². The first-order valence-corrected chi connectivity index (χ1v) is 3.82. The summed E-state index contributed by atoms with van der Waals surface area (Å²) in [4.78, 5) is 0. The van der Waals surface area contributed by atoms with Gasteiger partial charge in [-0.25, -0.2) is 0 Å². The molecule has 0 bridgehead atoms. The van der Waals surface area contributed by atoms with E-state index in [-0.39, 0.29) is 0 Å². The summed E-state index contributed by atoms with van der Waals surface area (Å²) in [7, 11) is 0. The van der Waals surface area contributed by atoms with Crippen LogP contribution >= 0.6 is 12.6 Å². The van der Waals surface area contributed by atoms with Gasteiger partial charge in [0.1, 0.15) is 0 Å². The van der Waals surface area contributed by atoms with Crippen LogP contribution in [-0.2, 0) is 0 Å². The van der Waals surface area contributed by atoms with Gasteiger partial charge in [0.15, 0.2) is 0 Å². The van der Waals surface area contributed by atoms with Gasteiger partial charge in [-0.3, -0.25) is 0 Å². The topological polar surface area (TPSA) is 0 Å². The standard InChI is InChI=1S/C7H12S/c1-3-7-4-5(7)6(7,2)8/h5,8H,3-4H2,1-2H3.